The van der Waals surface area contributed by atoms with Gasteiger partial charge in [-0.25, -0.2) is 0 Å². The van der Waals surface area contributed by atoms with Crippen molar-refractivity contribution in [2.75, 3.05) is 5.32 Å². The van der Waals surface area contributed by atoms with Gasteiger partial charge in [0, 0.05) is 24.4 Å². The monoisotopic (exact) mass is 300 g/mol. The van der Waals surface area contributed by atoms with Crippen LogP contribution in [0.25, 0.3) is 0 Å². The molecule has 0 aromatic carbocycles. The van der Waals surface area contributed by atoms with Crippen LogP contribution in [0, 0.1) is 0 Å². The maximum absolute atomic E-state index is 12.1. The summed E-state index contributed by atoms with van der Waals surface area (Å²) in [5.74, 6) is -1.15. The van der Waals surface area contributed by atoms with E-state index in [1.165, 1.54) is 6.20 Å². The van der Waals surface area contributed by atoms with Crippen LogP contribution in [0.3, 0.4) is 0 Å². The number of H-pyrrole nitrogens is 1. The number of aromatic amines is 1. The second kappa shape index (κ2) is 5.64. The molecule has 9 nitrogen and oxygen atoms in total. The number of hydrogen-bond donors (Lipinski definition) is 3. The molecule has 3 heterocycles. The third-order valence-corrected chi connectivity index (χ3v) is 3.10. The Kier molecular flexibility index (Phi) is 3.52. The van der Waals surface area contributed by atoms with E-state index in [4.69, 9.17) is 10.6 Å². The van der Waals surface area contributed by atoms with E-state index >= 15 is 0 Å². The minimum Gasteiger partial charge on any atom is -0.382 e. The lowest BCUT2D eigenvalue weighted by Crippen LogP contribution is -2.29. The number of nitrogens with zero attached hydrogens (tertiary/aromatic N) is 3. The highest BCUT2D eigenvalue weighted by Crippen LogP contribution is 2.18. The number of hydrogen-bond acceptors (Lipinski definition) is 6. The second-order valence-corrected chi connectivity index (χ2v) is 4.59. The molecule has 0 spiro atoms. The summed E-state index contributed by atoms with van der Waals surface area (Å²) in [4.78, 5) is 32.4. The number of rotatable bonds is 4. The summed E-state index contributed by atoms with van der Waals surface area (Å²) in [5, 5.41) is 12.5. The Morgan fingerprint density at radius 1 is 1.41 bits per heavy atom. The van der Waals surface area contributed by atoms with Crippen LogP contribution in [0.2, 0.25) is 0 Å². The van der Waals surface area contributed by atoms with Crippen LogP contribution in [0.4, 0.5) is 5.69 Å². The molecule has 4 N–H and O–H groups in total. The van der Waals surface area contributed by atoms with Crippen molar-refractivity contribution in [3.63, 3.8) is 0 Å². The number of nitrogens with two attached hydrogens (primary N) is 1. The fourth-order valence-electron chi connectivity index (χ4n) is 2.00. The number of carbonyl (C=O) groups excluding carboxylic acids is 2. The molecule has 9 heteroatoms. The van der Waals surface area contributed by atoms with Crippen molar-refractivity contribution in [3.8, 4) is 0 Å². The fraction of sp³-hybridized carbons (Fsp3) is 0.154. The predicted molar refractivity (Wildman–Crippen MR) is 76.0 cm³/mol. The summed E-state index contributed by atoms with van der Waals surface area (Å²) in [6, 6.07) is 3.60. The molecule has 1 aliphatic rings. The first-order valence-corrected chi connectivity index (χ1v) is 6.42. The van der Waals surface area contributed by atoms with Gasteiger partial charge in [0.1, 0.15) is 5.69 Å². The van der Waals surface area contributed by atoms with Crippen LogP contribution >= 0.6 is 0 Å². The van der Waals surface area contributed by atoms with E-state index in [-0.39, 0.29) is 11.4 Å². The molecule has 22 heavy (non-hydrogen) atoms. The number of nitrogens with one attached hydrogen (secondary N) is 2. The van der Waals surface area contributed by atoms with Crippen molar-refractivity contribution < 1.29 is 14.4 Å². The first-order chi connectivity index (χ1) is 10.6. The van der Waals surface area contributed by atoms with Crippen LogP contribution in [0.15, 0.2) is 35.9 Å². The van der Waals surface area contributed by atoms with Crippen molar-refractivity contribution in [1.29, 1.82) is 0 Å². The Morgan fingerprint density at radius 3 is 3.00 bits per heavy atom. The number of amides is 2. The third-order valence-electron chi connectivity index (χ3n) is 3.10. The van der Waals surface area contributed by atoms with Gasteiger partial charge in [0.15, 0.2) is 0 Å². The van der Waals surface area contributed by atoms with E-state index < -0.39 is 17.9 Å². The van der Waals surface area contributed by atoms with Crippen molar-refractivity contribution in [2.24, 2.45) is 10.9 Å². The number of anilines is 1. The van der Waals surface area contributed by atoms with Crippen molar-refractivity contribution in [1.82, 2.24) is 15.2 Å². The number of primary amides is 1. The molecule has 1 unspecified atom stereocenters. The van der Waals surface area contributed by atoms with E-state index in [9.17, 15) is 9.59 Å². The van der Waals surface area contributed by atoms with E-state index in [0.29, 0.717) is 12.1 Å². The van der Waals surface area contributed by atoms with Gasteiger partial charge in [-0.1, -0.05) is 5.16 Å². The molecule has 2 aromatic rings. The van der Waals surface area contributed by atoms with Gasteiger partial charge in [-0.15, -0.1) is 0 Å². The standard InChI is InChI=1S/C13H12N6O3/c14-12(20)11-9(6-16-18-11)17-13(21)10-4-8(19-22-10)7-2-1-3-15-5-7/h1-3,5-6,10H,4H2,(H2,14,20)(H,16,18)(H,17,21). The van der Waals surface area contributed by atoms with Crippen LogP contribution in [-0.4, -0.2) is 38.8 Å². The molecule has 2 amide bonds. The number of aromatic nitrogens is 3. The van der Waals surface area contributed by atoms with Gasteiger partial charge in [-0.05, 0) is 12.1 Å². The van der Waals surface area contributed by atoms with Crippen LogP contribution in [0.1, 0.15) is 22.5 Å². The first-order valence-electron chi connectivity index (χ1n) is 6.42. The minimum atomic E-state index is -0.786. The van der Waals surface area contributed by atoms with Crippen molar-refractivity contribution in [3.05, 3.63) is 42.0 Å². The lowest BCUT2D eigenvalue weighted by molar-refractivity contribution is -0.125. The average Bonchev–Trinajstić information content (AvgIpc) is 3.17. The van der Waals surface area contributed by atoms with E-state index in [2.05, 4.69) is 25.7 Å². The molecule has 112 valence electrons. The SMILES string of the molecule is NC(=O)c1[nH]ncc1NC(=O)C1CC(c2cccnc2)=NO1. The zero-order valence-corrected chi connectivity index (χ0v) is 11.3. The molecule has 0 radical (unpaired) electrons. The highest BCUT2D eigenvalue weighted by Gasteiger charge is 2.30. The average molecular weight is 300 g/mol. The number of pyridine rings is 1. The normalized spacial score (nSPS) is 16.7. The predicted octanol–water partition coefficient (Wildman–Crippen LogP) is 0.0353. The number of oxime groups is 1. The lowest BCUT2D eigenvalue weighted by atomic mass is 10.1. The quantitative estimate of drug-likeness (QED) is 0.732. The van der Waals surface area contributed by atoms with E-state index in [1.54, 1.807) is 18.5 Å². The van der Waals surface area contributed by atoms with E-state index in [0.717, 1.165) is 5.56 Å². The summed E-state index contributed by atoms with van der Waals surface area (Å²) < 4.78 is 0. The van der Waals surface area contributed by atoms with Gasteiger partial charge >= 0.3 is 0 Å². The molecule has 1 atom stereocenters. The van der Waals surface area contributed by atoms with Crippen LogP contribution in [0.5, 0.6) is 0 Å². The Labute approximate surface area is 124 Å². The molecule has 0 fully saturated rings. The molecule has 2 aromatic heterocycles. The molecule has 0 saturated heterocycles. The summed E-state index contributed by atoms with van der Waals surface area (Å²) in [6.45, 7) is 0. The highest BCUT2D eigenvalue weighted by molar-refractivity contribution is 6.07. The maximum Gasteiger partial charge on any atom is 0.268 e. The highest BCUT2D eigenvalue weighted by atomic mass is 16.6. The van der Waals surface area contributed by atoms with Gasteiger partial charge in [0.25, 0.3) is 11.8 Å². The zero-order valence-electron chi connectivity index (χ0n) is 11.3. The van der Waals surface area contributed by atoms with Gasteiger partial charge in [-0.3, -0.25) is 19.7 Å². The summed E-state index contributed by atoms with van der Waals surface area (Å²) in [7, 11) is 0. The third kappa shape index (κ3) is 2.64. The zero-order chi connectivity index (χ0) is 15.5. The minimum absolute atomic E-state index is 0.0275. The Hall–Kier alpha value is -3.23. The molecular formula is C13H12N6O3. The molecule has 0 aliphatic carbocycles. The first kappa shape index (κ1) is 13.7. The topological polar surface area (TPSA) is 135 Å². The van der Waals surface area contributed by atoms with Gasteiger partial charge in [-0.2, -0.15) is 5.10 Å². The number of carbonyl (C=O) groups is 2. The smallest absolute Gasteiger partial charge is 0.268 e. The Balaban J connectivity index is 1.66. The lowest BCUT2D eigenvalue weighted by Gasteiger charge is -2.08. The molecule has 0 bridgehead atoms. The summed E-state index contributed by atoms with van der Waals surface area (Å²) in [5.41, 5.74) is 6.82. The molecular weight excluding hydrogens is 288 g/mol. The Bertz CT molecular complexity index is 739. The van der Waals surface area contributed by atoms with Gasteiger partial charge in [0.05, 0.1) is 17.6 Å². The maximum atomic E-state index is 12.1. The van der Waals surface area contributed by atoms with Gasteiger partial charge in [0.2, 0.25) is 6.10 Å². The van der Waals surface area contributed by atoms with Gasteiger partial charge < -0.3 is 15.9 Å². The van der Waals surface area contributed by atoms with Crippen LogP contribution in [-0.2, 0) is 9.63 Å². The molecule has 0 saturated carbocycles. The fourth-order valence-corrected chi connectivity index (χ4v) is 2.00. The summed E-state index contributed by atoms with van der Waals surface area (Å²) in [6.07, 6.45) is 4.11. The Morgan fingerprint density at radius 2 is 2.27 bits per heavy atom. The van der Waals surface area contributed by atoms with E-state index in [1.807, 2.05) is 6.07 Å². The molecule has 3 rings (SSSR count). The second-order valence-electron chi connectivity index (χ2n) is 4.59. The largest absolute Gasteiger partial charge is 0.382 e. The van der Waals surface area contributed by atoms with Crippen LogP contribution < -0.4 is 11.1 Å². The van der Waals surface area contributed by atoms with Crippen molar-refractivity contribution >= 4 is 23.2 Å². The molecule has 1 aliphatic heterocycles. The summed E-state index contributed by atoms with van der Waals surface area (Å²) >= 11 is 0. The van der Waals surface area contributed by atoms with Crippen molar-refractivity contribution in [2.45, 2.75) is 12.5 Å².